The Morgan fingerprint density at radius 3 is 2.33 bits per heavy atom. The molecule has 0 aromatic heterocycles. The first kappa shape index (κ1) is 9.96. The molecule has 3 nitrogen and oxygen atoms in total. The summed E-state index contributed by atoms with van der Waals surface area (Å²) in [6, 6.07) is 0. The van der Waals surface area contributed by atoms with Gasteiger partial charge in [-0.15, -0.1) is 0 Å². The Morgan fingerprint density at radius 2 is 1.83 bits per heavy atom. The van der Waals surface area contributed by atoms with Crippen LogP contribution in [0, 0.1) is 0 Å². The summed E-state index contributed by atoms with van der Waals surface area (Å²) in [5.74, 6) is 0. The predicted molar refractivity (Wildman–Crippen MR) is 45.8 cm³/mol. The molecule has 1 aliphatic carbocycles. The van der Waals surface area contributed by atoms with Crippen molar-refractivity contribution in [3.8, 4) is 0 Å². The highest BCUT2D eigenvalue weighted by molar-refractivity contribution is 4.71. The third kappa shape index (κ3) is 3.09. The average Bonchev–Trinajstić information content (AvgIpc) is 2.09. The second kappa shape index (κ2) is 4.80. The summed E-state index contributed by atoms with van der Waals surface area (Å²) in [4.78, 5) is 0. The number of hydrogen-bond acceptors (Lipinski definition) is 3. The van der Waals surface area contributed by atoms with Crippen molar-refractivity contribution in [3.63, 3.8) is 0 Å². The fourth-order valence-corrected chi connectivity index (χ4v) is 1.51. The van der Waals surface area contributed by atoms with Crippen LogP contribution in [0.4, 0.5) is 0 Å². The van der Waals surface area contributed by atoms with E-state index in [1.54, 1.807) is 7.11 Å². The molecule has 1 aliphatic rings. The van der Waals surface area contributed by atoms with Gasteiger partial charge in [-0.05, 0) is 32.6 Å². The monoisotopic (exact) mass is 174 g/mol. The van der Waals surface area contributed by atoms with Crippen molar-refractivity contribution >= 4 is 0 Å². The van der Waals surface area contributed by atoms with Crippen LogP contribution < -0.4 is 0 Å². The van der Waals surface area contributed by atoms with Crippen LogP contribution in [-0.4, -0.2) is 30.7 Å². The molecule has 0 aromatic rings. The number of methoxy groups -OCH3 is 1. The molecule has 0 amide bonds. The molecule has 1 unspecified atom stereocenters. The van der Waals surface area contributed by atoms with Crippen molar-refractivity contribution in [2.45, 2.75) is 51.1 Å². The number of aliphatic hydroxyl groups excluding tert-OH is 1. The van der Waals surface area contributed by atoms with E-state index in [2.05, 4.69) is 0 Å². The molecule has 0 saturated heterocycles. The topological polar surface area (TPSA) is 38.7 Å². The fourth-order valence-electron chi connectivity index (χ4n) is 1.51. The van der Waals surface area contributed by atoms with Gasteiger partial charge in [0.25, 0.3) is 0 Å². The van der Waals surface area contributed by atoms with Gasteiger partial charge in [-0.25, -0.2) is 0 Å². The summed E-state index contributed by atoms with van der Waals surface area (Å²) in [6.07, 6.45) is 3.68. The van der Waals surface area contributed by atoms with Crippen molar-refractivity contribution in [2.24, 2.45) is 0 Å². The van der Waals surface area contributed by atoms with Gasteiger partial charge in [-0.3, -0.25) is 0 Å². The molecule has 0 aliphatic heterocycles. The van der Waals surface area contributed by atoms with Crippen LogP contribution in [0.1, 0.15) is 32.6 Å². The molecule has 3 heteroatoms. The summed E-state index contributed by atoms with van der Waals surface area (Å²) >= 11 is 0. The largest absolute Gasteiger partial charge is 0.393 e. The lowest BCUT2D eigenvalue weighted by atomic mass is 9.95. The van der Waals surface area contributed by atoms with Crippen LogP contribution in [0.15, 0.2) is 0 Å². The minimum atomic E-state index is -0.120. The Balaban J connectivity index is 2.17. The molecule has 12 heavy (non-hydrogen) atoms. The Bertz CT molecular complexity index is 119. The van der Waals surface area contributed by atoms with Gasteiger partial charge in [0, 0.05) is 7.11 Å². The van der Waals surface area contributed by atoms with E-state index in [0.717, 1.165) is 25.7 Å². The summed E-state index contributed by atoms with van der Waals surface area (Å²) in [5, 5.41) is 9.23. The maximum absolute atomic E-state index is 9.23. The van der Waals surface area contributed by atoms with Crippen LogP contribution in [-0.2, 0) is 9.47 Å². The minimum absolute atomic E-state index is 0.109. The van der Waals surface area contributed by atoms with Crippen LogP contribution in [0.2, 0.25) is 0 Å². The standard InChI is InChI=1S/C9H18O3/c1-7(11-2)12-9-5-3-8(10)4-6-9/h7-10H,3-6H2,1-2H3. The second-order valence-electron chi connectivity index (χ2n) is 3.37. The Hall–Kier alpha value is -0.120. The molecular weight excluding hydrogens is 156 g/mol. The van der Waals surface area contributed by atoms with Gasteiger partial charge in [0.15, 0.2) is 6.29 Å². The van der Waals surface area contributed by atoms with Crippen molar-refractivity contribution in [1.29, 1.82) is 0 Å². The van der Waals surface area contributed by atoms with Crippen LogP contribution >= 0.6 is 0 Å². The maximum atomic E-state index is 9.23. The first-order valence-corrected chi connectivity index (χ1v) is 4.58. The number of ether oxygens (including phenoxy) is 2. The van der Waals surface area contributed by atoms with Gasteiger partial charge in [-0.1, -0.05) is 0 Å². The molecule has 0 bridgehead atoms. The van der Waals surface area contributed by atoms with E-state index in [1.165, 1.54) is 0 Å². The molecule has 1 atom stereocenters. The maximum Gasteiger partial charge on any atom is 0.154 e. The SMILES string of the molecule is COC(C)OC1CCC(O)CC1. The number of rotatable bonds is 3. The Labute approximate surface area is 73.7 Å². The van der Waals surface area contributed by atoms with E-state index >= 15 is 0 Å². The van der Waals surface area contributed by atoms with Crippen molar-refractivity contribution in [2.75, 3.05) is 7.11 Å². The lowest BCUT2D eigenvalue weighted by Crippen LogP contribution is -2.28. The first-order valence-electron chi connectivity index (χ1n) is 4.58. The van der Waals surface area contributed by atoms with E-state index in [0.29, 0.717) is 0 Å². The summed E-state index contributed by atoms with van der Waals surface area (Å²) < 4.78 is 10.6. The summed E-state index contributed by atoms with van der Waals surface area (Å²) in [7, 11) is 1.64. The normalized spacial score (nSPS) is 33.2. The van der Waals surface area contributed by atoms with Gasteiger partial charge >= 0.3 is 0 Å². The Morgan fingerprint density at radius 1 is 1.25 bits per heavy atom. The Kier molecular flexibility index (Phi) is 3.98. The predicted octanol–water partition coefficient (Wildman–Crippen LogP) is 1.30. The van der Waals surface area contributed by atoms with Crippen LogP contribution in [0.5, 0.6) is 0 Å². The molecule has 1 N–H and O–H groups in total. The molecule has 0 heterocycles. The number of hydrogen-bond donors (Lipinski definition) is 1. The summed E-state index contributed by atoms with van der Waals surface area (Å²) in [6.45, 7) is 1.89. The average molecular weight is 174 g/mol. The summed E-state index contributed by atoms with van der Waals surface area (Å²) in [5.41, 5.74) is 0. The number of aliphatic hydroxyl groups is 1. The molecule has 1 fully saturated rings. The molecule has 72 valence electrons. The smallest absolute Gasteiger partial charge is 0.154 e. The quantitative estimate of drug-likeness (QED) is 0.655. The van der Waals surface area contributed by atoms with Gasteiger partial charge in [0.05, 0.1) is 12.2 Å². The molecule has 1 rings (SSSR count). The van der Waals surface area contributed by atoms with Crippen LogP contribution in [0.25, 0.3) is 0 Å². The highest BCUT2D eigenvalue weighted by atomic mass is 16.7. The lowest BCUT2D eigenvalue weighted by molar-refractivity contribution is -0.155. The molecular formula is C9H18O3. The van der Waals surface area contributed by atoms with Gasteiger partial charge in [-0.2, -0.15) is 0 Å². The second-order valence-corrected chi connectivity index (χ2v) is 3.37. The van der Waals surface area contributed by atoms with Crippen LogP contribution in [0.3, 0.4) is 0 Å². The fraction of sp³-hybridized carbons (Fsp3) is 1.00. The van der Waals surface area contributed by atoms with Crippen molar-refractivity contribution in [3.05, 3.63) is 0 Å². The zero-order valence-electron chi connectivity index (χ0n) is 7.82. The van der Waals surface area contributed by atoms with E-state index in [4.69, 9.17) is 9.47 Å². The highest BCUT2D eigenvalue weighted by Crippen LogP contribution is 2.21. The zero-order valence-corrected chi connectivity index (χ0v) is 7.82. The van der Waals surface area contributed by atoms with Crippen molar-refractivity contribution in [1.82, 2.24) is 0 Å². The lowest BCUT2D eigenvalue weighted by Gasteiger charge is -2.27. The van der Waals surface area contributed by atoms with Gasteiger partial charge < -0.3 is 14.6 Å². The molecule has 0 spiro atoms. The minimum Gasteiger partial charge on any atom is -0.393 e. The zero-order chi connectivity index (χ0) is 8.97. The molecule has 0 aromatic carbocycles. The van der Waals surface area contributed by atoms with E-state index in [9.17, 15) is 5.11 Å². The molecule has 0 radical (unpaired) electrons. The van der Waals surface area contributed by atoms with E-state index in [1.807, 2.05) is 6.92 Å². The van der Waals surface area contributed by atoms with Gasteiger partial charge in [0.1, 0.15) is 0 Å². The third-order valence-corrected chi connectivity index (χ3v) is 2.36. The molecule has 1 saturated carbocycles. The van der Waals surface area contributed by atoms with E-state index < -0.39 is 0 Å². The van der Waals surface area contributed by atoms with Gasteiger partial charge in [0.2, 0.25) is 0 Å². The third-order valence-electron chi connectivity index (χ3n) is 2.36. The van der Waals surface area contributed by atoms with Crippen molar-refractivity contribution < 1.29 is 14.6 Å². The highest BCUT2D eigenvalue weighted by Gasteiger charge is 2.21. The first-order chi connectivity index (χ1) is 5.72. The van der Waals surface area contributed by atoms with E-state index in [-0.39, 0.29) is 18.5 Å².